The summed E-state index contributed by atoms with van der Waals surface area (Å²) in [4.78, 5) is 11.4. The first-order valence-electron chi connectivity index (χ1n) is 7.25. The van der Waals surface area contributed by atoms with Crippen LogP contribution in [0.2, 0.25) is 0 Å². The van der Waals surface area contributed by atoms with Crippen molar-refractivity contribution < 1.29 is 5.11 Å². The fourth-order valence-corrected chi connectivity index (χ4v) is 3.77. The second kappa shape index (κ2) is 6.52. The molecule has 1 N–H and O–H groups in total. The minimum atomic E-state index is -0.686. The quantitative estimate of drug-likeness (QED) is 0.787. The highest BCUT2D eigenvalue weighted by Crippen LogP contribution is 2.37. The molecule has 0 aliphatic rings. The summed E-state index contributed by atoms with van der Waals surface area (Å²) in [7, 11) is 4.13. The van der Waals surface area contributed by atoms with Gasteiger partial charge >= 0.3 is 0 Å². The molecule has 0 amide bonds. The van der Waals surface area contributed by atoms with Crippen molar-refractivity contribution in [3.8, 4) is 0 Å². The van der Waals surface area contributed by atoms with Crippen LogP contribution in [0.4, 0.5) is 0 Å². The van der Waals surface area contributed by atoms with E-state index >= 15 is 0 Å². The lowest BCUT2D eigenvalue weighted by atomic mass is 9.99. The van der Waals surface area contributed by atoms with Crippen molar-refractivity contribution >= 4 is 21.4 Å². The van der Waals surface area contributed by atoms with Gasteiger partial charge in [0, 0.05) is 39.6 Å². The molecule has 4 nitrogen and oxygen atoms in total. The van der Waals surface area contributed by atoms with Crippen molar-refractivity contribution in [1.29, 1.82) is 0 Å². The molecule has 3 rings (SSSR count). The molecule has 2 aromatic heterocycles. The number of hydrogen-bond donors (Lipinski definition) is 1. The predicted octanol–water partition coefficient (Wildman–Crippen LogP) is 2.88. The zero-order valence-corrected chi connectivity index (χ0v) is 13.5. The molecule has 0 aliphatic heterocycles. The zero-order chi connectivity index (χ0) is 15.5. The van der Waals surface area contributed by atoms with Gasteiger partial charge in [0.05, 0.1) is 0 Å². The molecule has 114 valence electrons. The van der Waals surface area contributed by atoms with Gasteiger partial charge in [-0.15, -0.1) is 11.3 Å². The van der Waals surface area contributed by atoms with E-state index in [1.165, 1.54) is 15.9 Å². The number of benzene rings is 1. The molecular weight excluding hydrogens is 294 g/mol. The molecule has 0 spiro atoms. The largest absolute Gasteiger partial charge is 0.383 e. The molecule has 3 aromatic rings. The van der Waals surface area contributed by atoms with Gasteiger partial charge in [-0.3, -0.25) is 0 Å². The third kappa shape index (κ3) is 3.02. The third-order valence-corrected chi connectivity index (χ3v) is 4.91. The summed E-state index contributed by atoms with van der Waals surface area (Å²) in [6.07, 6.45) is 5.08. The standard InChI is InChI=1S/C17H19N3OS/c1-20(2)8-7-15-16(13-5-3-4-6-14(13)22-15)17(21)12-9-18-11-19-10-12/h3-6,9-11,17,21H,7-8H2,1-2H3. The van der Waals surface area contributed by atoms with E-state index in [4.69, 9.17) is 0 Å². The Hall–Kier alpha value is -1.82. The van der Waals surface area contributed by atoms with E-state index in [1.807, 2.05) is 12.1 Å². The fourth-order valence-electron chi connectivity index (χ4n) is 2.55. The molecule has 1 aromatic carbocycles. The summed E-state index contributed by atoms with van der Waals surface area (Å²) in [5.41, 5.74) is 1.73. The number of fused-ring (bicyclic) bond motifs is 1. The molecule has 1 unspecified atom stereocenters. The maximum absolute atomic E-state index is 10.8. The second-order valence-corrected chi connectivity index (χ2v) is 6.70. The average Bonchev–Trinajstić information content (AvgIpc) is 2.91. The molecular formula is C17H19N3OS. The molecule has 0 fully saturated rings. The van der Waals surface area contributed by atoms with Crippen LogP contribution in [0.5, 0.6) is 0 Å². The molecule has 0 saturated carbocycles. The van der Waals surface area contributed by atoms with Crippen LogP contribution in [0.1, 0.15) is 22.1 Å². The zero-order valence-electron chi connectivity index (χ0n) is 12.7. The van der Waals surface area contributed by atoms with Crippen LogP contribution in [-0.2, 0) is 6.42 Å². The Bertz CT molecular complexity index is 755. The highest BCUT2D eigenvalue weighted by atomic mass is 32.1. The number of likely N-dealkylation sites (N-methyl/N-ethyl adjacent to an activating group) is 1. The number of aromatic nitrogens is 2. The Balaban J connectivity index is 2.07. The van der Waals surface area contributed by atoms with Gasteiger partial charge in [-0.25, -0.2) is 9.97 Å². The van der Waals surface area contributed by atoms with Crippen molar-refractivity contribution in [3.05, 3.63) is 59.0 Å². The van der Waals surface area contributed by atoms with Crippen molar-refractivity contribution in [3.63, 3.8) is 0 Å². The third-order valence-electron chi connectivity index (χ3n) is 3.67. The van der Waals surface area contributed by atoms with E-state index in [2.05, 4.69) is 41.1 Å². The fraction of sp³-hybridized carbons (Fsp3) is 0.294. The van der Waals surface area contributed by atoms with Crippen molar-refractivity contribution in [2.75, 3.05) is 20.6 Å². The highest BCUT2D eigenvalue weighted by molar-refractivity contribution is 7.19. The molecule has 0 bridgehead atoms. The van der Waals surface area contributed by atoms with Gasteiger partial charge in [0.2, 0.25) is 0 Å². The van der Waals surface area contributed by atoms with Gasteiger partial charge in [-0.05, 0) is 32.0 Å². The lowest BCUT2D eigenvalue weighted by Crippen LogP contribution is -2.15. The minimum absolute atomic E-state index is 0.686. The number of rotatable bonds is 5. The molecule has 2 heterocycles. The first kappa shape index (κ1) is 15.1. The summed E-state index contributed by atoms with van der Waals surface area (Å²) in [6, 6.07) is 8.24. The molecule has 22 heavy (non-hydrogen) atoms. The predicted molar refractivity (Wildman–Crippen MR) is 90.2 cm³/mol. The lowest BCUT2D eigenvalue weighted by Gasteiger charge is -2.14. The Morgan fingerprint density at radius 2 is 1.91 bits per heavy atom. The van der Waals surface area contributed by atoms with Gasteiger partial charge in [0.15, 0.2) is 0 Å². The van der Waals surface area contributed by atoms with Gasteiger partial charge in [0.1, 0.15) is 12.4 Å². The number of aliphatic hydroxyl groups excluding tert-OH is 1. The first-order valence-corrected chi connectivity index (χ1v) is 8.06. The van der Waals surface area contributed by atoms with Crippen LogP contribution in [-0.4, -0.2) is 40.6 Å². The number of thiophene rings is 1. The van der Waals surface area contributed by atoms with Crippen LogP contribution in [0, 0.1) is 0 Å². The number of nitrogens with zero attached hydrogens (tertiary/aromatic N) is 3. The summed E-state index contributed by atoms with van der Waals surface area (Å²) in [5, 5.41) is 12.0. The summed E-state index contributed by atoms with van der Waals surface area (Å²) >= 11 is 1.76. The SMILES string of the molecule is CN(C)CCc1sc2ccccc2c1C(O)c1cncnc1. The van der Waals surface area contributed by atoms with Crippen molar-refractivity contribution in [2.45, 2.75) is 12.5 Å². The van der Waals surface area contributed by atoms with Gasteiger partial charge in [-0.2, -0.15) is 0 Å². The van der Waals surface area contributed by atoms with E-state index in [1.54, 1.807) is 23.7 Å². The van der Waals surface area contributed by atoms with Gasteiger partial charge in [0.25, 0.3) is 0 Å². The monoisotopic (exact) mass is 313 g/mol. The van der Waals surface area contributed by atoms with E-state index in [-0.39, 0.29) is 0 Å². The van der Waals surface area contributed by atoms with Crippen LogP contribution < -0.4 is 0 Å². The minimum Gasteiger partial charge on any atom is -0.383 e. The molecule has 0 saturated heterocycles. The van der Waals surface area contributed by atoms with Gasteiger partial charge in [-0.1, -0.05) is 18.2 Å². The van der Waals surface area contributed by atoms with E-state index in [0.29, 0.717) is 0 Å². The first-order chi connectivity index (χ1) is 10.7. The maximum atomic E-state index is 10.8. The maximum Gasteiger partial charge on any atom is 0.115 e. The molecule has 1 atom stereocenters. The van der Waals surface area contributed by atoms with Crippen molar-refractivity contribution in [2.24, 2.45) is 0 Å². The lowest BCUT2D eigenvalue weighted by molar-refractivity contribution is 0.220. The van der Waals surface area contributed by atoms with E-state index in [9.17, 15) is 5.11 Å². The topological polar surface area (TPSA) is 49.2 Å². The number of aliphatic hydroxyl groups is 1. The van der Waals surface area contributed by atoms with Crippen LogP contribution in [0.25, 0.3) is 10.1 Å². The molecule has 0 aliphatic carbocycles. The smallest absolute Gasteiger partial charge is 0.115 e. The Labute approximate surface area is 134 Å². The summed E-state index contributed by atoms with van der Waals surface area (Å²) in [6.45, 7) is 0.956. The summed E-state index contributed by atoms with van der Waals surface area (Å²) in [5.74, 6) is 0. The Kier molecular flexibility index (Phi) is 4.47. The Morgan fingerprint density at radius 1 is 1.18 bits per heavy atom. The van der Waals surface area contributed by atoms with Crippen LogP contribution in [0.15, 0.2) is 43.0 Å². The molecule has 0 radical (unpaired) electrons. The van der Waals surface area contributed by atoms with Crippen molar-refractivity contribution in [1.82, 2.24) is 14.9 Å². The normalized spacial score (nSPS) is 12.9. The summed E-state index contributed by atoms with van der Waals surface area (Å²) < 4.78 is 1.21. The second-order valence-electron chi connectivity index (χ2n) is 5.56. The van der Waals surface area contributed by atoms with Crippen LogP contribution in [0.3, 0.4) is 0 Å². The molecule has 5 heteroatoms. The van der Waals surface area contributed by atoms with Gasteiger partial charge < -0.3 is 10.0 Å². The average molecular weight is 313 g/mol. The highest BCUT2D eigenvalue weighted by Gasteiger charge is 2.21. The number of hydrogen-bond acceptors (Lipinski definition) is 5. The Morgan fingerprint density at radius 3 is 2.64 bits per heavy atom. The van der Waals surface area contributed by atoms with E-state index in [0.717, 1.165) is 29.5 Å². The van der Waals surface area contributed by atoms with Crippen LogP contribution >= 0.6 is 11.3 Å². The van der Waals surface area contributed by atoms with E-state index < -0.39 is 6.10 Å².